The van der Waals surface area contributed by atoms with Crippen LogP contribution >= 0.6 is 0 Å². The van der Waals surface area contributed by atoms with Crippen LogP contribution in [0.2, 0.25) is 0 Å². The lowest BCUT2D eigenvalue weighted by Gasteiger charge is -2.18. The van der Waals surface area contributed by atoms with E-state index in [4.69, 9.17) is 9.47 Å². The topological polar surface area (TPSA) is 63.7 Å². The number of hydrogen-bond donors (Lipinski definition) is 1. The van der Waals surface area contributed by atoms with Crippen molar-refractivity contribution in [3.8, 4) is 5.88 Å². The minimum atomic E-state index is -4.42. The number of nitrogens with zero attached hydrogens (tertiary/aromatic N) is 2. The molecule has 0 radical (unpaired) electrons. The first-order valence-electron chi connectivity index (χ1n) is 7.48. The van der Waals surface area contributed by atoms with Gasteiger partial charge >= 0.3 is 6.18 Å². The molecule has 1 aliphatic rings. The smallest absolute Gasteiger partial charge is 0.417 e. The van der Waals surface area contributed by atoms with E-state index in [-0.39, 0.29) is 37.1 Å². The molecule has 0 saturated carbocycles. The van der Waals surface area contributed by atoms with Crippen LogP contribution in [-0.4, -0.2) is 61.8 Å². The van der Waals surface area contributed by atoms with Crippen LogP contribution in [0.1, 0.15) is 12.0 Å². The van der Waals surface area contributed by atoms with Crippen molar-refractivity contribution in [2.75, 3.05) is 33.9 Å². The van der Waals surface area contributed by atoms with E-state index in [2.05, 4.69) is 10.3 Å². The molecule has 2 rings (SSSR count). The van der Waals surface area contributed by atoms with Gasteiger partial charge in [0.25, 0.3) is 0 Å². The van der Waals surface area contributed by atoms with Gasteiger partial charge in [-0.15, -0.1) is 0 Å². The monoisotopic (exact) mass is 347 g/mol. The number of alkyl halides is 3. The molecule has 6 nitrogen and oxygen atoms in total. The largest absolute Gasteiger partial charge is 0.476 e. The molecule has 0 spiro atoms. The quantitative estimate of drug-likeness (QED) is 0.787. The number of carbonyl (C=O) groups is 1. The molecule has 134 valence electrons. The highest BCUT2D eigenvalue weighted by atomic mass is 19.4. The van der Waals surface area contributed by atoms with Crippen LogP contribution in [0.5, 0.6) is 5.88 Å². The molecule has 0 aromatic carbocycles. The molecule has 1 fully saturated rings. The maximum atomic E-state index is 12.4. The average Bonchev–Trinajstić information content (AvgIpc) is 2.92. The third-order valence-corrected chi connectivity index (χ3v) is 3.86. The Morgan fingerprint density at radius 3 is 2.75 bits per heavy atom. The molecule has 0 bridgehead atoms. The number of likely N-dealkylation sites (tertiary alicyclic amines) is 1. The summed E-state index contributed by atoms with van der Waals surface area (Å²) in [7, 11) is 3.47. The van der Waals surface area contributed by atoms with Crippen molar-refractivity contribution in [2.45, 2.75) is 24.7 Å². The van der Waals surface area contributed by atoms with Crippen molar-refractivity contribution in [3.05, 3.63) is 23.9 Å². The fourth-order valence-corrected chi connectivity index (χ4v) is 2.51. The predicted molar refractivity (Wildman–Crippen MR) is 79.6 cm³/mol. The molecule has 0 unspecified atom stereocenters. The molecule has 2 atom stereocenters. The van der Waals surface area contributed by atoms with Gasteiger partial charge in [0.15, 0.2) is 0 Å². The lowest BCUT2D eigenvalue weighted by Crippen LogP contribution is -2.42. The van der Waals surface area contributed by atoms with Crippen molar-refractivity contribution in [3.63, 3.8) is 0 Å². The molecule has 0 aliphatic carbocycles. The summed E-state index contributed by atoms with van der Waals surface area (Å²) in [6, 6.07) is 1.80. The Hall–Kier alpha value is -1.87. The van der Waals surface area contributed by atoms with Gasteiger partial charge in [0, 0.05) is 25.9 Å². The Balaban J connectivity index is 1.72. The Bertz CT molecular complexity index is 551. The number of carbonyl (C=O) groups excluding carboxylic acids is 1. The van der Waals surface area contributed by atoms with Crippen LogP contribution < -0.4 is 10.1 Å². The SMILES string of the molecule is CO[C@H]1C[C@@H](C(=O)NCCOc2ccc(C(F)(F)F)cn2)N(C)C1. The van der Waals surface area contributed by atoms with Crippen LogP contribution in [0, 0.1) is 0 Å². The minimum absolute atomic E-state index is 0.0401. The maximum Gasteiger partial charge on any atom is 0.417 e. The summed E-state index contributed by atoms with van der Waals surface area (Å²) in [5.74, 6) is -0.0456. The summed E-state index contributed by atoms with van der Waals surface area (Å²) in [4.78, 5) is 17.6. The van der Waals surface area contributed by atoms with Crippen molar-refractivity contribution in [1.29, 1.82) is 0 Å². The highest BCUT2D eigenvalue weighted by Gasteiger charge is 2.34. The lowest BCUT2D eigenvalue weighted by molar-refractivity contribution is -0.137. The third kappa shape index (κ3) is 4.81. The van der Waals surface area contributed by atoms with Gasteiger partial charge in [-0.1, -0.05) is 0 Å². The summed E-state index contributed by atoms with van der Waals surface area (Å²) in [6.45, 7) is 1.05. The van der Waals surface area contributed by atoms with Gasteiger partial charge in [0.1, 0.15) is 6.61 Å². The first-order valence-corrected chi connectivity index (χ1v) is 7.48. The fourth-order valence-electron chi connectivity index (χ4n) is 2.51. The van der Waals surface area contributed by atoms with Gasteiger partial charge in [0.05, 0.1) is 24.3 Å². The van der Waals surface area contributed by atoms with Gasteiger partial charge < -0.3 is 14.8 Å². The summed E-state index contributed by atoms with van der Waals surface area (Å²) >= 11 is 0. The molecule has 2 heterocycles. The predicted octanol–water partition coefficient (Wildman–Crippen LogP) is 1.31. The van der Waals surface area contributed by atoms with Crippen molar-refractivity contribution in [2.24, 2.45) is 0 Å². The zero-order valence-corrected chi connectivity index (χ0v) is 13.5. The van der Waals surface area contributed by atoms with Crippen LogP contribution in [0.3, 0.4) is 0 Å². The molecule has 24 heavy (non-hydrogen) atoms. The van der Waals surface area contributed by atoms with Gasteiger partial charge in [0.2, 0.25) is 11.8 Å². The molecular weight excluding hydrogens is 327 g/mol. The normalized spacial score (nSPS) is 21.7. The van der Waals surface area contributed by atoms with E-state index in [9.17, 15) is 18.0 Å². The second kappa shape index (κ2) is 7.80. The number of ether oxygens (including phenoxy) is 2. The highest BCUT2D eigenvalue weighted by molar-refractivity contribution is 5.82. The number of rotatable bonds is 6. The number of halogens is 3. The van der Waals surface area contributed by atoms with Gasteiger partial charge in [-0.05, 0) is 19.5 Å². The molecule has 9 heteroatoms. The summed E-state index contributed by atoms with van der Waals surface area (Å²) in [6.07, 6.45) is -3.04. The molecule has 1 saturated heterocycles. The first-order chi connectivity index (χ1) is 11.3. The highest BCUT2D eigenvalue weighted by Crippen LogP contribution is 2.29. The van der Waals surface area contributed by atoms with E-state index >= 15 is 0 Å². The summed E-state index contributed by atoms with van der Waals surface area (Å²) in [5.41, 5.74) is -0.833. The van der Waals surface area contributed by atoms with E-state index in [0.29, 0.717) is 19.2 Å². The standard InChI is InChI=1S/C15H20F3N3O3/c1-21-9-11(23-2)7-12(21)14(22)19-5-6-24-13-4-3-10(8-20-13)15(16,17)18/h3-4,8,11-12H,5-7,9H2,1-2H3,(H,19,22)/t11-,12-/m0/s1. The Labute approximate surface area is 137 Å². The van der Waals surface area contributed by atoms with E-state index in [0.717, 1.165) is 12.1 Å². The van der Waals surface area contributed by atoms with Crippen LogP contribution in [-0.2, 0) is 15.7 Å². The third-order valence-electron chi connectivity index (χ3n) is 3.86. The number of hydrogen-bond acceptors (Lipinski definition) is 5. The maximum absolute atomic E-state index is 12.4. The number of pyridine rings is 1. The zero-order valence-electron chi connectivity index (χ0n) is 13.5. The van der Waals surface area contributed by atoms with Crippen LogP contribution in [0.4, 0.5) is 13.2 Å². The molecule has 1 amide bonds. The van der Waals surface area contributed by atoms with E-state index in [1.165, 1.54) is 0 Å². The van der Waals surface area contributed by atoms with Crippen molar-refractivity contribution < 1.29 is 27.4 Å². The minimum Gasteiger partial charge on any atom is -0.476 e. The second-order valence-corrected chi connectivity index (χ2v) is 5.57. The molecule has 1 aliphatic heterocycles. The van der Waals surface area contributed by atoms with Gasteiger partial charge in [-0.25, -0.2) is 4.98 Å². The molecule has 1 aromatic heterocycles. The van der Waals surface area contributed by atoms with Crippen LogP contribution in [0.15, 0.2) is 18.3 Å². The summed E-state index contributed by atoms with van der Waals surface area (Å²) < 4.78 is 47.7. The number of likely N-dealkylation sites (N-methyl/N-ethyl adjacent to an activating group) is 1. The van der Waals surface area contributed by atoms with Crippen molar-refractivity contribution in [1.82, 2.24) is 15.2 Å². The van der Waals surface area contributed by atoms with Crippen molar-refractivity contribution >= 4 is 5.91 Å². The molecule has 1 N–H and O–H groups in total. The van der Waals surface area contributed by atoms with Crippen LogP contribution in [0.25, 0.3) is 0 Å². The molecular formula is C15H20F3N3O3. The van der Waals surface area contributed by atoms with Gasteiger partial charge in [-0.2, -0.15) is 13.2 Å². The van der Waals surface area contributed by atoms with Gasteiger partial charge in [-0.3, -0.25) is 9.69 Å². The number of aromatic nitrogens is 1. The first kappa shape index (κ1) is 18.5. The Kier molecular flexibility index (Phi) is 6.00. The van der Waals surface area contributed by atoms with E-state index in [1.54, 1.807) is 7.11 Å². The lowest BCUT2D eigenvalue weighted by atomic mass is 10.2. The summed E-state index contributed by atoms with van der Waals surface area (Å²) in [5, 5.41) is 2.74. The number of methoxy groups -OCH3 is 1. The second-order valence-electron chi connectivity index (χ2n) is 5.57. The Morgan fingerprint density at radius 1 is 1.46 bits per heavy atom. The van der Waals surface area contributed by atoms with E-state index < -0.39 is 11.7 Å². The van der Waals surface area contributed by atoms with E-state index in [1.807, 2.05) is 11.9 Å². The molecule has 1 aromatic rings. The Morgan fingerprint density at radius 2 is 2.21 bits per heavy atom. The number of amides is 1. The average molecular weight is 347 g/mol. The number of nitrogens with one attached hydrogen (secondary N) is 1. The fraction of sp³-hybridized carbons (Fsp3) is 0.600. The zero-order chi connectivity index (χ0) is 17.7.